The zero-order valence-corrected chi connectivity index (χ0v) is 12.5. The van der Waals surface area contributed by atoms with Gasteiger partial charge in [0.1, 0.15) is 16.8 Å². The van der Waals surface area contributed by atoms with Gasteiger partial charge in [0.25, 0.3) is 0 Å². The molecule has 1 aromatic heterocycles. The van der Waals surface area contributed by atoms with Crippen LogP contribution in [0.2, 0.25) is 5.15 Å². The number of hydrazine groups is 1. The van der Waals surface area contributed by atoms with Crippen LogP contribution in [-0.2, 0) is 6.42 Å². The van der Waals surface area contributed by atoms with Gasteiger partial charge in [0.15, 0.2) is 0 Å². The second kappa shape index (κ2) is 6.58. The van der Waals surface area contributed by atoms with Crippen LogP contribution in [0.3, 0.4) is 0 Å². The lowest BCUT2D eigenvalue weighted by molar-refractivity contribution is 0.497. The van der Waals surface area contributed by atoms with E-state index in [4.69, 9.17) is 17.4 Å². The van der Waals surface area contributed by atoms with Crippen LogP contribution >= 0.6 is 27.5 Å². The van der Waals surface area contributed by atoms with Gasteiger partial charge in [-0.15, -0.1) is 0 Å². The van der Waals surface area contributed by atoms with Crippen LogP contribution in [-0.4, -0.2) is 4.98 Å². The first-order valence-corrected chi connectivity index (χ1v) is 6.90. The molecule has 0 amide bonds. The van der Waals surface area contributed by atoms with Crippen molar-refractivity contribution in [1.82, 2.24) is 10.4 Å². The first-order chi connectivity index (χ1) is 9.52. The molecule has 3 N–H and O–H groups in total. The molecule has 1 atom stereocenters. The lowest BCUT2D eigenvalue weighted by Gasteiger charge is -2.17. The number of hydrogen-bond acceptors (Lipinski definition) is 3. The highest BCUT2D eigenvalue weighted by atomic mass is 79.9. The number of halogens is 4. The summed E-state index contributed by atoms with van der Waals surface area (Å²) in [5.74, 6) is 4.21. The minimum absolute atomic E-state index is 0.0442. The standard InChI is InChI=1S/C13H11BrClF2N3/c14-9-2-3-10(16)8(13(9)17)5-11(20-18)7-1-4-12(15)19-6-7/h1-4,6,11,20H,5,18H2. The van der Waals surface area contributed by atoms with Crippen molar-refractivity contribution in [1.29, 1.82) is 0 Å². The number of nitrogens with one attached hydrogen (secondary N) is 1. The maximum absolute atomic E-state index is 13.9. The molecule has 106 valence electrons. The Labute approximate surface area is 128 Å². The highest BCUT2D eigenvalue weighted by Crippen LogP contribution is 2.26. The summed E-state index contributed by atoms with van der Waals surface area (Å²) in [6, 6.07) is 5.35. The van der Waals surface area contributed by atoms with Crippen LogP contribution in [0, 0.1) is 11.6 Å². The maximum Gasteiger partial charge on any atom is 0.143 e. The van der Waals surface area contributed by atoms with Gasteiger partial charge >= 0.3 is 0 Å². The number of hydrogen-bond donors (Lipinski definition) is 2. The zero-order chi connectivity index (χ0) is 14.7. The fourth-order valence-corrected chi connectivity index (χ4v) is 2.31. The largest absolute Gasteiger partial charge is 0.271 e. The van der Waals surface area contributed by atoms with Crippen molar-refractivity contribution in [3.8, 4) is 0 Å². The predicted molar refractivity (Wildman–Crippen MR) is 77.1 cm³/mol. The van der Waals surface area contributed by atoms with Gasteiger partial charge in [0, 0.05) is 11.8 Å². The molecule has 1 heterocycles. The second-order valence-corrected chi connectivity index (χ2v) is 5.40. The molecule has 2 aromatic rings. The lowest BCUT2D eigenvalue weighted by Crippen LogP contribution is -2.30. The summed E-state index contributed by atoms with van der Waals surface area (Å²) < 4.78 is 27.9. The van der Waals surface area contributed by atoms with E-state index in [1.807, 2.05) is 0 Å². The van der Waals surface area contributed by atoms with Crippen molar-refractivity contribution < 1.29 is 8.78 Å². The molecule has 1 unspecified atom stereocenters. The monoisotopic (exact) mass is 361 g/mol. The lowest BCUT2D eigenvalue weighted by atomic mass is 10.00. The van der Waals surface area contributed by atoms with Crippen molar-refractivity contribution in [2.45, 2.75) is 12.5 Å². The van der Waals surface area contributed by atoms with Gasteiger partial charge in [0.05, 0.1) is 10.5 Å². The van der Waals surface area contributed by atoms with Gasteiger partial charge in [0.2, 0.25) is 0 Å². The predicted octanol–water partition coefficient (Wildman–Crippen LogP) is 3.52. The average molecular weight is 363 g/mol. The fourth-order valence-electron chi connectivity index (χ4n) is 1.83. The van der Waals surface area contributed by atoms with E-state index in [1.54, 1.807) is 12.1 Å². The Morgan fingerprint density at radius 2 is 2.05 bits per heavy atom. The van der Waals surface area contributed by atoms with Crippen LogP contribution in [0.4, 0.5) is 8.78 Å². The number of aromatic nitrogens is 1. The molecule has 0 saturated heterocycles. The molecule has 0 fully saturated rings. The number of benzene rings is 1. The van der Waals surface area contributed by atoms with Crippen LogP contribution < -0.4 is 11.3 Å². The maximum atomic E-state index is 13.9. The third-order valence-corrected chi connectivity index (χ3v) is 3.74. The molecular formula is C13H11BrClF2N3. The number of nitrogens with zero attached hydrogens (tertiary/aromatic N) is 1. The first-order valence-electron chi connectivity index (χ1n) is 5.73. The van der Waals surface area contributed by atoms with E-state index in [-0.39, 0.29) is 16.5 Å². The van der Waals surface area contributed by atoms with Crippen LogP contribution in [0.25, 0.3) is 0 Å². The van der Waals surface area contributed by atoms with Gasteiger partial charge in [-0.05, 0) is 46.1 Å². The fraction of sp³-hybridized carbons (Fsp3) is 0.154. The molecule has 0 aliphatic carbocycles. The highest BCUT2D eigenvalue weighted by molar-refractivity contribution is 9.10. The summed E-state index contributed by atoms with van der Waals surface area (Å²) >= 11 is 8.74. The van der Waals surface area contributed by atoms with Crippen molar-refractivity contribution >= 4 is 27.5 Å². The minimum Gasteiger partial charge on any atom is -0.271 e. The molecule has 0 saturated carbocycles. The number of nitrogens with two attached hydrogens (primary N) is 1. The molecule has 2 rings (SSSR count). The minimum atomic E-state index is -0.632. The molecule has 0 radical (unpaired) electrons. The van der Waals surface area contributed by atoms with Crippen molar-refractivity contribution in [2.75, 3.05) is 0 Å². The van der Waals surface area contributed by atoms with Gasteiger partial charge in [-0.2, -0.15) is 0 Å². The Balaban J connectivity index is 2.31. The molecule has 0 spiro atoms. The highest BCUT2D eigenvalue weighted by Gasteiger charge is 2.18. The van der Waals surface area contributed by atoms with E-state index in [1.165, 1.54) is 18.3 Å². The molecule has 1 aromatic carbocycles. The molecule has 0 aliphatic heterocycles. The van der Waals surface area contributed by atoms with Gasteiger partial charge < -0.3 is 0 Å². The van der Waals surface area contributed by atoms with E-state index in [2.05, 4.69) is 26.3 Å². The normalized spacial score (nSPS) is 12.4. The Kier molecular flexibility index (Phi) is 5.04. The summed E-state index contributed by atoms with van der Waals surface area (Å²) in [6.07, 6.45) is 1.57. The van der Waals surface area contributed by atoms with E-state index in [0.717, 1.165) is 0 Å². The van der Waals surface area contributed by atoms with Gasteiger partial charge in [-0.1, -0.05) is 17.7 Å². The molecule has 0 aliphatic rings. The zero-order valence-electron chi connectivity index (χ0n) is 10.2. The Bertz CT molecular complexity index is 607. The second-order valence-electron chi connectivity index (χ2n) is 4.16. The molecular weight excluding hydrogens is 352 g/mol. The van der Waals surface area contributed by atoms with Crippen molar-refractivity contribution in [3.63, 3.8) is 0 Å². The summed E-state index contributed by atoms with van der Waals surface area (Å²) in [4.78, 5) is 3.93. The topological polar surface area (TPSA) is 50.9 Å². The average Bonchev–Trinajstić information content (AvgIpc) is 2.45. The van der Waals surface area contributed by atoms with E-state index in [0.29, 0.717) is 10.7 Å². The summed E-state index contributed by atoms with van der Waals surface area (Å²) in [6.45, 7) is 0. The molecule has 20 heavy (non-hydrogen) atoms. The molecule has 3 nitrogen and oxygen atoms in total. The van der Waals surface area contributed by atoms with E-state index >= 15 is 0 Å². The third-order valence-electron chi connectivity index (χ3n) is 2.90. The number of rotatable bonds is 4. The Morgan fingerprint density at radius 1 is 1.30 bits per heavy atom. The van der Waals surface area contributed by atoms with Crippen LogP contribution in [0.1, 0.15) is 17.2 Å². The molecule has 7 heteroatoms. The SMILES string of the molecule is NNC(Cc1c(F)ccc(Br)c1F)c1ccc(Cl)nc1. The van der Waals surface area contributed by atoms with Crippen LogP contribution in [0.15, 0.2) is 34.9 Å². The smallest absolute Gasteiger partial charge is 0.143 e. The van der Waals surface area contributed by atoms with Gasteiger partial charge in [-0.3, -0.25) is 11.3 Å². The van der Waals surface area contributed by atoms with Crippen molar-refractivity contribution in [2.24, 2.45) is 5.84 Å². The van der Waals surface area contributed by atoms with E-state index < -0.39 is 17.7 Å². The third kappa shape index (κ3) is 3.32. The quantitative estimate of drug-likeness (QED) is 0.379. The van der Waals surface area contributed by atoms with E-state index in [9.17, 15) is 8.78 Å². The number of pyridine rings is 1. The summed E-state index contributed by atoms with van der Waals surface area (Å²) in [5, 5.41) is 0.337. The summed E-state index contributed by atoms with van der Waals surface area (Å²) in [7, 11) is 0. The molecule has 0 bridgehead atoms. The first kappa shape index (κ1) is 15.3. The van der Waals surface area contributed by atoms with Gasteiger partial charge in [-0.25, -0.2) is 13.8 Å². The Hall–Kier alpha value is -1.08. The van der Waals surface area contributed by atoms with Crippen molar-refractivity contribution in [3.05, 3.63) is 62.8 Å². The van der Waals surface area contributed by atoms with Crippen LogP contribution in [0.5, 0.6) is 0 Å². The summed E-state index contributed by atoms with van der Waals surface area (Å²) in [5.41, 5.74) is 3.17. The Morgan fingerprint density at radius 3 is 2.65 bits per heavy atom.